The molecular weight excluding hydrogens is 280 g/mol. The predicted molar refractivity (Wildman–Crippen MR) is 75.2 cm³/mol. The lowest BCUT2D eigenvalue weighted by Crippen LogP contribution is -2.20. The number of H-pyrrole nitrogens is 1. The van der Waals surface area contributed by atoms with E-state index in [2.05, 4.69) is 14.7 Å². The predicted octanol–water partition coefficient (Wildman–Crippen LogP) is 1.26. The number of rotatable bonds is 4. The number of aryl methyl sites for hydroxylation is 1. The summed E-state index contributed by atoms with van der Waals surface area (Å²) in [4.78, 5) is 18.0. The van der Waals surface area contributed by atoms with Gasteiger partial charge in [-0.15, -0.1) is 0 Å². The summed E-state index contributed by atoms with van der Waals surface area (Å²) >= 11 is 0. The summed E-state index contributed by atoms with van der Waals surface area (Å²) in [6.45, 7) is 5.54. The lowest BCUT2D eigenvalue weighted by molar-refractivity contribution is 0.591. The molecule has 0 saturated heterocycles. The van der Waals surface area contributed by atoms with Crippen molar-refractivity contribution < 1.29 is 8.42 Å². The Hall–Kier alpha value is -2.09. The zero-order valence-electron chi connectivity index (χ0n) is 11.4. The molecule has 0 atom stereocenters. The van der Waals surface area contributed by atoms with E-state index in [4.69, 9.17) is 0 Å². The molecule has 7 nitrogen and oxygen atoms in total. The van der Waals surface area contributed by atoms with Crippen LogP contribution in [0, 0.1) is 6.92 Å². The Morgan fingerprint density at radius 1 is 1.35 bits per heavy atom. The maximum Gasteiger partial charge on any atom is 0.281 e. The number of nitrogens with one attached hydrogen (secondary N) is 2. The first-order chi connectivity index (χ1) is 9.29. The van der Waals surface area contributed by atoms with E-state index in [-0.39, 0.29) is 16.8 Å². The van der Waals surface area contributed by atoms with Crippen LogP contribution in [0.1, 0.15) is 25.6 Å². The summed E-state index contributed by atoms with van der Waals surface area (Å²) in [6.07, 6.45) is 2.87. The zero-order valence-corrected chi connectivity index (χ0v) is 12.2. The monoisotopic (exact) mass is 296 g/mol. The van der Waals surface area contributed by atoms with Crippen LogP contribution in [0.3, 0.4) is 0 Å². The minimum atomic E-state index is -3.86. The van der Waals surface area contributed by atoms with Gasteiger partial charge in [-0.3, -0.25) is 9.52 Å². The molecule has 20 heavy (non-hydrogen) atoms. The minimum Gasteiger partial charge on any atom is -0.334 e. The van der Waals surface area contributed by atoms with Gasteiger partial charge in [0.25, 0.3) is 15.6 Å². The van der Waals surface area contributed by atoms with Gasteiger partial charge in [0.2, 0.25) is 0 Å². The molecule has 0 bridgehead atoms. The number of pyridine rings is 1. The van der Waals surface area contributed by atoms with Gasteiger partial charge in [-0.05, 0) is 32.9 Å². The highest BCUT2D eigenvalue weighted by Gasteiger charge is 2.19. The molecule has 2 rings (SSSR count). The molecule has 108 valence electrons. The Morgan fingerprint density at radius 2 is 2.05 bits per heavy atom. The first kappa shape index (κ1) is 14.3. The Kier molecular flexibility index (Phi) is 3.67. The van der Waals surface area contributed by atoms with Gasteiger partial charge in [0.1, 0.15) is 5.69 Å². The molecule has 8 heteroatoms. The molecule has 0 aliphatic rings. The number of hydrogen-bond donors (Lipinski definition) is 2. The molecule has 2 heterocycles. The zero-order chi connectivity index (χ0) is 14.9. The quantitative estimate of drug-likeness (QED) is 0.887. The van der Waals surface area contributed by atoms with Gasteiger partial charge in [0.05, 0.1) is 6.33 Å². The second-order valence-electron chi connectivity index (χ2n) is 4.74. The Labute approximate surface area is 116 Å². The molecule has 0 unspecified atom stereocenters. The summed E-state index contributed by atoms with van der Waals surface area (Å²) < 4.78 is 28.2. The van der Waals surface area contributed by atoms with Crippen LogP contribution in [-0.4, -0.2) is 23.0 Å². The standard InChI is InChI=1S/C12H16N4O3S/c1-8(2)16-6-11(13-7-16)20(18,19)15-10-5-4-9(3)14-12(10)17/h4-8,15H,1-3H3,(H,14,17). The number of aromatic nitrogens is 3. The van der Waals surface area contributed by atoms with E-state index in [0.29, 0.717) is 5.69 Å². The first-order valence-electron chi connectivity index (χ1n) is 6.06. The van der Waals surface area contributed by atoms with E-state index in [1.54, 1.807) is 17.6 Å². The highest BCUT2D eigenvalue weighted by atomic mass is 32.2. The molecule has 0 radical (unpaired) electrons. The SMILES string of the molecule is Cc1ccc(NS(=O)(=O)c2cn(C(C)C)cn2)c(=O)[nH]1. The fourth-order valence-electron chi connectivity index (χ4n) is 1.59. The number of hydrogen-bond acceptors (Lipinski definition) is 4. The molecule has 0 aliphatic heterocycles. The summed E-state index contributed by atoms with van der Waals surface area (Å²) in [5, 5.41) is -0.119. The van der Waals surface area contributed by atoms with Crippen LogP contribution < -0.4 is 10.3 Å². The lowest BCUT2D eigenvalue weighted by atomic mass is 10.3. The van der Waals surface area contributed by atoms with E-state index in [1.807, 2.05) is 13.8 Å². The molecule has 0 aliphatic carbocycles. The maximum absolute atomic E-state index is 12.1. The summed E-state index contributed by atoms with van der Waals surface area (Å²) in [7, 11) is -3.86. The van der Waals surface area contributed by atoms with E-state index in [9.17, 15) is 13.2 Å². The molecule has 2 aromatic heterocycles. The van der Waals surface area contributed by atoms with Crippen LogP contribution in [0.15, 0.2) is 34.5 Å². The van der Waals surface area contributed by atoms with Crippen LogP contribution in [0.5, 0.6) is 0 Å². The molecule has 0 saturated carbocycles. The van der Waals surface area contributed by atoms with Crippen molar-refractivity contribution in [2.45, 2.75) is 31.8 Å². The normalized spacial score (nSPS) is 11.8. The van der Waals surface area contributed by atoms with Crippen molar-refractivity contribution in [1.82, 2.24) is 14.5 Å². The highest BCUT2D eigenvalue weighted by molar-refractivity contribution is 7.92. The van der Waals surface area contributed by atoms with E-state index >= 15 is 0 Å². The average Bonchev–Trinajstić information content (AvgIpc) is 2.83. The van der Waals surface area contributed by atoms with E-state index in [0.717, 1.165) is 0 Å². The van der Waals surface area contributed by atoms with Crippen molar-refractivity contribution in [2.75, 3.05) is 4.72 Å². The molecular formula is C12H16N4O3S. The fourth-order valence-corrected chi connectivity index (χ4v) is 2.59. The second kappa shape index (κ2) is 5.12. The van der Waals surface area contributed by atoms with Crippen molar-refractivity contribution in [3.05, 3.63) is 40.7 Å². The number of sulfonamides is 1. The fraction of sp³-hybridized carbons (Fsp3) is 0.333. The van der Waals surface area contributed by atoms with Crippen molar-refractivity contribution in [2.24, 2.45) is 0 Å². The van der Waals surface area contributed by atoms with Gasteiger partial charge in [-0.1, -0.05) is 0 Å². The van der Waals surface area contributed by atoms with Crippen molar-refractivity contribution >= 4 is 15.7 Å². The third-order valence-electron chi connectivity index (χ3n) is 2.75. The van der Waals surface area contributed by atoms with Crippen LogP contribution in [0.4, 0.5) is 5.69 Å². The van der Waals surface area contributed by atoms with Gasteiger partial charge in [-0.25, -0.2) is 4.98 Å². The van der Waals surface area contributed by atoms with Crippen LogP contribution in [0.2, 0.25) is 0 Å². The molecule has 0 fully saturated rings. The van der Waals surface area contributed by atoms with Crippen LogP contribution >= 0.6 is 0 Å². The van der Waals surface area contributed by atoms with E-state index in [1.165, 1.54) is 18.6 Å². The smallest absolute Gasteiger partial charge is 0.281 e. The van der Waals surface area contributed by atoms with Gasteiger partial charge < -0.3 is 9.55 Å². The third kappa shape index (κ3) is 2.90. The number of anilines is 1. The van der Waals surface area contributed by atoms with Crippen molar-refractivity contribution in [3.8, 4) is 0 Å². The minimum absolute atomic E-state index is 0.0327. The first-order valence-corrected chi connectivity index (χ1v) is 7.54. The maximum atomic E-state index is 12.1. The second-order valence-corrected chi connectivity index (χ2v) is 6.37. The summed E-state index contributed by atoms with van der Waals surface area (Å²) in [5.74, 6) is 0. The Bertz CT molecular complexity index is 774. The molecule has 0 amide bonds. The molecule has 2 N–H and O–H groups in total. The summed E-state index contributed by atoms with van der Waals surface area (Å²) in [6, 6.07) is 3.14. The van der Waals surface area contributed by atoms with Gasteiger partial charge in [-0.2, -0.15) is 8.42 Å². The van der Waals surface area contributed by atoms with Gasteiger partial charge >= 0.3 is 0 Å². The average molecular weight is 296 g/mol. The van der Waals surface area contributed by atoms with Crippen molar-refractivity contribution in [3.63, 3.8) is 0 Å². The number of nitrogens with zero attached hydrogens (tertiary/aromatic N) is 2. The van der Waals surface area contributed by atoms with E-state index < -0.39 is 15.6 Å². The van der Waals surface area contributed by atoms with Gasteiger partial charge in [0.15, 0.2) is 5.03 Å². The van der Waals surface area contributed by atoms with Crippen molar-refractivity contribution in [1.29, 1.82) is 0 Å². The topological polar surface area (TPSA) is 96.8 Å². The molecule has 0 aromatic carbocycles. The number of imidazole rings is 1. The Balaban J connectivity index is 2.33. The largest absolute Gasteiger partial charge is 0.334 e. The van der Waals surface area contributed by atoms with Crippen LogP contribution in [0.25, 0.3) is 0 Å². The lowest BCUT2D eigenvalue weighted by Gasteiger charge is -2.06. The Morgan fingerprint density at radius 3 is 2.60 bits per heavy atom. The number of aromatic amines is 1. The van der Waals surface area contributed by atoms with Gasteiger partial charge in [0, 0.05) is 17.9 Å². The molecule has 2 aromatic rings. The molecule has 0 spiro atoms. The summed E-state index contributed by atoms with van der Waals surface area (Å²) in [5.41, 5.74) is 0.133. The highest BCUT2D eigenvalue weighted by Crippen LogP contribution is 2.13. The third-order valence-corrected chi connectivity index (χ3v) is 4.00. The van der Waals surface area contributed by atoms with Crippen LogP contribution in [-0.2, 0) is 10.0 Å².